The van der Waals surface area contributed by atoms with E-state index in [2.05, 4.69) is 23.8 Å². The highest BCUT2D eigenvalue weighted by Crippen LogP contribution is 2.27. The summed E-state index contributed by atoms with van der Waals surface area (Å²) in [6.45, 7) is 16.1. The molecule has 0 saturated carbocycles. The first-order valence-electron chi connectivity index (χ1n) is 13.8. The average Bonchev–Trinajstić information content (AvgIpc) is 2.94. The number of benzene rings is 1. The van der Waals surface area contributed by atoms with Gasteiger partial charge in [-0.15, -0.1) is 0 Å². The molecule has 2 unspecified atom stereocenters. The largest absolute Gasteiger partial charge is 0.462 e. The molecule has 0 heterocycles. The van der Waals surface area contributed by atoms with E-state index in [9.17, 15) is 28.8 Å². The predicted octanol–water partition coefficient (Wildman–Crippen LogP) is 3.32. The fraction of sp³-hybridized carbons (Fsp3) is 0.484. The lowest BCUT2D eigenvalue weighted by Gasteiger charge is -2.31. The Bertz CT molecular complexity index is 1270. The van der Waals surface area contributed by atoms with E-state index in [-0.39, 0.29) is 32.0 Å². The number of carbonyl (C=O) groups excluding carboxylic acids is 6. The van der Waals surface area contributed by atoms with Crippen LogP contribution in [-0.4, -0.2) is 74.7 Å². The van der Waals surface area contributed by atoms with E-state index in [4.69, 9.17) is 28.4 Å². The summed E-state index contributed by atoms with van der Waals surface area (Å²) >= 11 is 0. The smallest absolute Gasteiger partial charge is 0.408 e. The van der Waals surface area contributed by atoms with Gasteiger partial charge in [0, 0.05) is 25.5 Å². The molecule has 2 atom stereocenters. The van der Waals surface area contributed by atoms with Gasteiger partial charge >= 0.3 is 36.1 Å². The van der Waals surface area contributed by atoms with Crippen LogP contribution in [0.15, 0.2) is 49.1 Å². The molecule has 2 amide bonds. The maximum Gasteiger partial charge on any atom is 0.408 e. The maximum absolute atomic E-state index is 12.8. The summed E-state index contributed by atoms with van der Waals surface area (Å²) in [6, 6.07) is 7.00. The number of carbonyl (C=O) groups is 6. The molecule has 248 valence electrons. The minimum Gasteiger partial charge on any atom is -0.462 e. The number of alkyl carbamates (subject to hydrolysis) is 2. The zero-order valence-corrected chi connectivity index (χ0v) is 26.7. The van der Waals surface area contributed by atoms with Crippen molar-refractivity contribution >= 4 is 36.1 Å². The molecule has 0 aliphatic carbocycles. The lowest BCUT2D eigenvalue weighted by atomic mass is 9.87. The second-order valence-corrected chi connectivity index (χ2v) is 11.0. The second-order valence-electron chi connectivity index (χ2n) is 11.0. The molecule has 0 radical (unpaired) electrons. The van der Waals surface area contributed by atoms with Crippen LogP contribution in [0.4, 0.5) is 9.59 Å². The number of rotatable bonds is 16. The molecule has 0 spiro atoms. The Kier molecular flexibility index (Phi) is 14.8. The highest BCUT2D eigenvalue weighted by atomic mass is 16.6. The number of amides is 2. The van der Waals surface area contributed by atoms with Gasteiger partial charge in [0.1, 0.15) is 26.4 Å². The van der Waals surface area contributed by atoms with Gasteiger partial charge in [0.2, 0.25) is 0 Å². The van der Waals surface area contributed by atoms with E-state index < -0.39 is 59.3 Å². The zero-order valence-electron chi connectivity index (χ0n) is 26.7. The van der Waals surface area contributed by atoms with Crippen LogP contribution in [-0.2, 0) is 58.7 Å². The third-order valence-corrected chi connectivity index (χ3v) is 5.95. The Morgan fingerprint density at radius 3 is 1.51 bits per heavy atom. The molecule has 1 rings (SSSR count). The minimum absolute atomic E-state index is 0.146. The summed E-state index contributed by atoms with van der Waals surface area (Å²) in [7, 11) is 0. The van der Waals surface area contributed by atoms with Gasteiger partial charge in [0.05, 0.1) is 11.1 Å². The summed E-state index contributed by atoms with van der Waals surface area (Å²) in [5.74, 6) is -2.65. The highest BCUT2D eigenvalue weighted by Gasteiger charge is 2.30. The molecular formula is C31H42N2O12. The van der Waals surface area contributed by atoms with Crippen LogP contribution < -0.4 is 10.6 Å². The van der Waals surface area contributed by atoms with Crippen LogP contribution in [0.3, 0.4) is 0 Å². The number of nitrogens with one attached hydrogen (secondary N) is 2. The molecule has 0 bridgehead atoms. The van der Waals surface area contributed by atoms with Crippen LogP contribution in [0.5, 0.6) is 0 Å². The Morgan fingerprint density at radius 2 is 1.13 bits per heavy atom. The van der Waals surface area contributed by atoms with Crippen molar-refractivity contribution in [3.63, 3.8) is 0 Å². The Hall–Kier alpha value is -4.88. The van der Waals surface area contributed by atoms with Gasteiger partial charge in [-0.25, -0.2) is 19.2 Å². The minimum atomic E-state index is -1.08. The van der Waals surface area contributed by atoms with Crippen LogP contribution in [0.1, 0.15) is 59.6 Å². The van der Waals surface area contributed by atoms with Gasteiger partial charge in [-0.05, 0) is 45.7 Å². The normalized spacial score (nSPS) is 12.3. The van der Waals surface area contributed by atoms with E-state index >= 15 is 0 Å². The molecule has 1 aromatic rings. The van der Waals surface area contributed by atoms with Crippen molar-refractivity contribution in [1.29, 1.82) is 0 Å². The molecule has 45 heavy (non-hydrogen) atoms. The first kappa shape index (κ1) is 38.1. The van der Waals surface area contributed by atoms with Crippen molar-refractivity contribution in [2.75, 3.05) is 26.4 Å². The standard InChI is InChI=1S/C31H42N2O12/c1-10-26(36)42-17-24(15-40-20(4)34)44-28(38)32-30(6,7)22-12-11-13-23(14-22)31(8,9)33-29(39)45-25(16-41-21(5)35)18-43-27(37)19(2)3/h10-14,24-25H,1-2,15-18H2,3-9H3,(H,32,38)(H,33,39). The van der Waals surface area contributed by atoms with Crippen LogP contribution in [0.2, 0.25) is 0 Å². The van der Waals surface area contributed by atoms with Crippen LogP contribution in [0, 0.1) is 0 Å². The van der Waals surface area contributed by atoms with Crippen LogP contribution >= 0.6 is 0 Å². The van der Waals surface area contributed by atoms with E-state index in [1.165, 1.54) is 20.8 Å². The van der Waals surface area contributed by atoms with E-state index in [0.717, 1.165) is 6.08 Å². The van der Waals surface area contributed by atoms with E-state index in [0.29, 0.717) is 11.1 Å². The second kappa shape index (κ2) is 17.4. The number of hydrogen-bond acceptors (Lipinski definition) is 12. The number of esters is 4. The lowest BCUT2D eigenvalue weighted by molar-refractivity contribution is -0.150. The number of ether oxygens (including phenoxy) is 6. The first-order valence-corrected chi connectivity index (χ1v) is 13.8. The van der Waals surface area contributed by atoms with Crippen molar-refractivity contribution in [2.24, 2.45) is 0 Å². The molecule has 0 saturated heterocycles. The Labute approximate surface area is 262 Å². The molecule has 14 heteroatoms. The fourth-order valence-electron chi connectivity index (χ4n) is 3.49. The van der Waals surface area contributed by atoms with Gasteiger partial charge in [0.15, 0.2) is 12.2 Å². The quantitative estimate of drug-likeness (QED) is 0.154. The molecule has 0 fully saturated rings. The summed E-state index contributed by atoms with van der Waals surface area (Å²) in [6.07, 6.45) is -2.96. The summed E-state index contributed by atoms with van der Waals surface area (Å²) in [5.41, 5.74) is -0.596. The van der Waals surface area contributed by atoms with Crippen molar-refractivity contribution in [3.05, 3.63) is 60.2 Å². The summed E-state index contributed by atoms with van der Waals surface area (Å²) < 4.78 is 30.5. The fourth-order valence-corrected chi connectivity index (χ4v) is 3.49. The third-order valence-electron chi connectivity index (χ3n) is 5.95. The predicted molar refractivity (Wildman–Crippen MR) is 159 cm³/mol. The highest BCUT2D eigenvalue weighted by molar-refractivity contribution is 5.87. The van der Waals surface area contributed by atoms with Gasteiger partial charge in [-0.2, -0.15) is 0 Å². The van der Waals surface area contributed by atoms with Crippen molar-refractivity contribution in [2.45, 2.75) is 71.8 Å². The molecular weight excluding hydrogens is 592 g/mol. The summed E-state index contributed by atoms with van der Waals surface area (Å²) in [4.78, 5) is 71.3. The molecule has 0 aliphatic rings. The monoisotopic (exact) mass is 634 g/mol. The Balaban J connectivity index is 2.99. The van der Waals surface area contributed by atoms with Gasteiger partial charge in [0.25, 0.3) is 0 Å². The van der Waals surface area contributed by atoms with Gasteiger partial charge in [-0.1, -0.05) is 37.4 Å². The lowest BCUT2D eigenvalue weighted by Crippen LogP contribution is -2.45. The zero-order chi connectivity index (χ0) is 34.4. The molecule has 1 aromatic carbocycles. The summed E-state index contributed by atoms with van der Waals surface area (Å²) in [5, 5.41) is 5.46. The van der Waals surface area contributed by atoms with Crippen molar-refractivity contribution in [3.8, 4) is 0 Å². The maximum atomic E-state index is 12.8. The van der Waals surface area contributed by atoms with Gasteiger partial charge in [-0.3, -0.25) is 9.59 Å². The van der Waals surface area contributed by atoms with Gasteiger partial charge < -0.3 is 39.1 Å². The van der Waals surface area contributed by atoms with Crippen molar-refractivity contribution in [1.82, 2.24) is 10.6 Å². The number of hydrogen-bond donors (Lipinski definition) is 2. The SMILES string of the molecule is C=CC(=O)OCC(COC(C)=O)OC(=O)NC(C)(C)c1cccc(C(C)(C)NC(=O)OC(COC(C)=O)COC(=O)C(=C)C)c1. The molecule has 2 N–H and O–H groups in total. The first-order chi connectivity index (χ1) is 20.9. The molecule has 0 aliphatic heterocycles. The van der Waals surface area contributed by atoms with E-state index in [1.54, 1.807) is 52.0 Å². The van der Waals surface area contributed by atoms with E-state index in [1.807, 2.05) is 0 Å². The average molecular weight is 635 g/mol. The Morgan fingerprint density at radius 1 is 0.733 bits per heavy atom. The third kappa shape index (κ3) is 14.4. The molecule has 0 aromatic heterocycles. The topological polar surface area (TPSA) is 182 Å². The molecule has 14 nitrogen and oxygen atoms in total. The van der Waals surface area contributed by atoms with Crippen molar-refractivity contribution < 1.29 is 57.2 Å². The van der Waals surface area contributed by atoms with Crippen LogP contribution in [0.25, 0.3) is 0 Å².